The third kappa shape index (κ3) is 5.14. The van der Waals surface area contributed by atoms with E-state index in [9.17, 15) is 9.90 Å². The smallest absolute Gasteiger partial charge is 0.255 e. The number of amides is 1. The molecule has 1 amide bonds. The Morgan fingerprint density at radius 3 is 2.68 bits per heavy atom. The van der Waals surface area contributed by atoms with Gasteiger partial charge in [-0.15, -0.1) is 5.10 Å². The highest BCUT2D eigenvalue weighted by Gasteiger charge is 2.35. The van der Waals surface area contributed by atoms with E-state index in [1.807, 2.05) is 61.5 Å². The fourth-order valence-electron chi connectivity index (χ4n) is 4.14. The lowest BCUT2D eigenvalue weighted by molar-refractivity contribution is -0.113. The molecule has 1 unspecified atom stereocenters. The number of carbonyl (C=O) groups excluding carboxylic acids is 1. The van der Waals surface area contributed by atoms with Crippen LogP contribution in [0.4, 0.5) is 11.6 Å². The van der Waals surface area contributed by atoms with Crippen LogP contribution in [0.2, 0.25) is 5.02 Å². The number of aromatic hydroxyl groups is 1. The van der Waals surface area contributed by atoms with E-state index in [2.05, 4.69) is 15.6 Å². The van der Waals surface area contributed by atoms with Gasteiger partial charge in [-0.05, 0) is 48.4 Å². The molecule has 1 aliphatic rings. The quantitative estimate of drug-likeness (QED) is 0.255. The van der Waals surface area contributed by atoms with Gasteiger partial charge in [0.1, 0.15) is 6.04 Å². The number of phenols is 1. The molecule has 3 N–H and O–H groups in total. The summed E-state index contributed by atoms with van der Waals surface area (Å²) in [5, 5.41) is 22.4. The van der Waals surface area contributed by atoms with Gasteiger partial charge < -0.3 is 20.5 Å². The number of methoxy groups -OCH3 is 1. The highest BCUT2D eigenvalue weighted by molar-refractivity contribution is 7.98. The summed E-state index contributed by atoms with van der Waals surface area (Å²) in [5.41, 5.74) is 3.48. The first-order valence-electron chi connectivity index (χ1n) is 11.5. The summed E-state index contributed by atoms with van der Waals surface area (Å²) in [6.07, 6.45) is 0. The Kier molecular flexibility index (Phi) is 7.07. The van der Waals surface area contributed by atoms with Crippen molar-refractivity contribution in [3.05, 3.63) is 100 Å². The molecule has 4 aromatic rings. The number of rotatable bonds is 7. The number of hydrogen-bond donors (Lipinski definition) is 3. The SMILES string of the molecule is COc1cc(C2C(C(=O)Nc3ccccc3)=C(C)Nc3nc(SCc4ccccc4Cl)nn32)ccc1O. The predicted molar refractivity (Wildman–Crippen MR) is 145 cm³/mol. The molecule has 0 bridgehead atoms. The van der Waals surface area contributed by atoms with E-state index in [0.717, 1.165) is 5.56 Å². The van der Waals surface area contributed by atoms with Crippen LogP contribution >= 0.6 is 23.4 Å². The summed E-state index contributed by atoms with van der Waals surface area (Å²) in [6.45, 7) is 1.83. The molecule has 10 heteroatoms. The molecule has 3 aromatic carbocycles. The molecule has 0 radical (unpaired) electrons. The van der Waals surface area contributed by atoms with Gasteiger partial charge in [-0.1, -0.05) is 65.8 Å². The second-order valence-corrected chi connectivity index (χ2v) is 9.71. The lowest BCUT2D eigenvalue weighted by Gasteiger charge is -2.29. The van der Waals surface area contributed by atoms with Gasteiger partial charge in [-0.3, -0.25) is 4.79 Å². The largest absolute Gasteiger partial charge is 0.504 e. The van der Waals surface area contributed by atoms with E-state index in [4.69, 9.17) is 21.4 Å². The van der Waals surface area contributed by atoms with E-state index in [-0.39, 0.29) is 11.7 Å². The zero-order chi connectivity index (χ0) is 25.9. The number of halogens is 1. The number of anilines is 2. The molecule has 2 heterocycles. The fourth-order valence-corrected chi connectivity index (χ4v) is 5.25. The van der Waals surface area contributed by atoms with E-state index in [0.29, 0.717) is 50.2 Å². The topological polar surface area (TPSA) is 101 Å². The molecular formula is C27H24ClN5O3S. The highest BCUT2D eigenvalue weighted by Crippen LogP contribution is 2.39. The molecule has 37 heavy (non-hydrogen) atoms. The van der Waals surface area contributed by atoms with Crippen LogP contribution in [-0.2, 0) is 10.5 Å². The highest BCUT2D eigenvalue weighted by atomic mass is 35.5. The van der Waals surface area contributed by atoms with Crippen LogP contribution < -0.4 is 15.4 Å². The Morgan fingerprint density at radius 2 is 1.92 bits per heavy atom. The number of benzene rings is 3. The molecule has 1 aliphatic heterocycles. The van der Waals surface area contributed by atoms with Crippen molar-refractivity contribution in [2.75, 3.05) is 17.7 Å². The summed E-state index contributed by atoms with van der Waals surface area (Å²) in [5.74, 6) is 1.12. The van der Waals surface area contributed by atoms with Gasteiger partial charge in [0.2, 0.25) is 11.1 Å². The third-order valence-electron chi connectivity index (χ3n) is 5.94. The van der Waals surface area contributed by atoms with E-state index >= 15 is 0 Å². The van der Waals surface area contributed by atoms with Gasteiger partial charge in [0.15, 0.2) is 11.5 Å². The number of para-hydroxylation sites is 1. The normalized spacial score (nSPS) is 14.6. The van der Waals surface area contributed by atoms with Crippen molar-refractivity contribution in [2.45, 2.75) is 23.9 Å². The number of fused-ring (bicyclic) bond motifs is 1. The summed E-state index contributed by atoms with van der Waals surface area (Å²) >= 11 is 7.77. The molecule has 188 valence electrons. The van der Waals surface area contributed by atoms with Crippen molar-refractivity contribution < 1.29 is 14.6 Å². The van der Waals surface area contributed by atoms with Crippen LogP contribution in [0.15, 0.2) is 89.2 Å². The van der Waals surface area contributed by atoms with Crippen molar-refractivity contribution in [1.82, 2.24) is 14.8 Å². The molecule has 1 aromatic heterocycles. The number of thioether (sulfide) groups is 1. The average Bonchev–Trinajstić information content (AvgIpc) is 3.30. The number of nitrogens with zero attached hydrogens (tertiary/aromatic N) is 3. The maximum absolute atomic E-state index is 13.6. The number of nitrogens with one attached hydrogen (secondary N) is 2. The monoisotopic (exact) mass is 533 g/mol. The summed E-state index contributed by atoms with van der Waals surface area (Å²) in [7, 11) is 1.48. The zero-order valence-corrected chi connectivity index (χ0v) is 21.7. The molecule has 0 saturated carbocycles. The summed E-state index contributed by atoms with van der Waals surface area (Å²) in [6, 6.07) is 21.3. The van der Waals surface area contributed by atoms with E-state index in [1.54, 1.807) is 22.9 Å². The van der Waals surface area contributed by atoms with E-state index < -0.39 is 6.04 Å². The first-order chi connectivity index (χ1) is 17.9. The van der Waals surface area contributed by atoms with Gasteiger partial charge in [0.25, 0.3) is 5.91 Å². The zero-order valence-electron chi connectivity index (χ0n) is 20.1. The molecule has 0 saturated heterocycles. The Hall–Kier alpha value is -3.95. The predicted octanol–water partition coefficient (Wildman–Crippen LogP) is 5.87. The minimum absolute atomic E-state index is 0.00553. The van der Waals surface area contributed by atoms with Gasteiger partial charge in [-0.25, -0.2) is 4.68 Å². The number of phenolic OH excluding ortho intramolecular Hbond substituents is 1. The van der Waals surface area contributed by atoms with Crippen LogP contribution in [-0.4, -0.2) is 32.9 Å². The standard InChI is InChI=1S/C27H24ClN5O3S/c1-16-23(25(35)30-19-9-4-3-5-10-19)24(17-12-13-21(34)22(14-17)36-2)33-26(29-16)31-27(32-33)37-15-18-8-6-7-11-20(18)28/h3-14,24,34H,15H2,1-2H3,(H,30,35)(H,29,31,32). The van der Waals surface area contributed by atoms with Crippen molar-refractivity contribution >= 4 is 40.9 Å². The Morgan fingerprint density at radius 1 is 1.16 bits per heavy atom. The van der Waals surface area contributed by atoms with Crippen LogP contribution in [0.1, 0.15) is 24.1 Å². The van der Waals surface area contributed by atoms with Crippen molar-refractivity contribution in [3.8, 4) is 11.5 Å². The molecule has 8 nitrogen and oxygen atoms in total. The van der Waals surface area contributed by atoms with Crippen molar-refractivity contribution in [3.63, 3.8) is 0 Å². The minimum atomic E-state index is -0.614. The lowest BCUT2D eigenvalue weighted by Crippen LogP contribution is -2.31. The Bertz CT molecular complexity index is 1490. The van der Waals surface area contributed by atoms with Crippen molar-refractivity contribution in [2.24, 2.45) is 0 Å². The maximum Gasteiger partial charge on any atom is 0.255 e. The molecular weight excluding hydrogens is 510 g/mol. The number of allylic oxidation sites excluding steroid dienone is 1. The van der Waals surface area contributed by atoms with Crippen LogP contribution in [0.3, 0.4) is 0 Å². The summed E-state index contributed by atoms with van der Waals surface area (Å²) < 4.78 is 7.03. The fraction of sp³-hybridized carbons (Fsp3) is 0.148. The first kappa shape index (κ1) is 24.7. The Labute approximate surface area is 223 Å². The van der Waals surface area contributed by atoms with Crippen molar-refractivity contribution in [1.29, 1.82) is 0 Å². The summed E-state index contributed by atoms with van der Waals surface area (Å²) in [4.78, 5) is 18.3. The van der Waals surface area contributed by atoms with Crippen LogP contribution in [0.5, 0.6) is 11.5 Å². The molecule has 0 spiro atoms. The average molecular weight is 534 g/mol. The molecule has 0 fully saturated rings. The third-order valence-corrected chi connectivity index (χ3v) is 7.20. The second kappa shape index (κ2) is 10.6. The maximum atomic E-state index is 13.6. The van der Waals surface area contributed by atoms with Crippen LogP contribution in [0.25, 0.3) is 0 Å². The number of ether oxygens (including phenoxy) is 1. The Balaban J connectivity index is 1.53. The lowest BCUT2D eigenvalue weighted by atomic mass is 9.94. The second-order valence-electron chi connectivity index (χ2n) is 8.36. The van der Waals surface area contributed by atoms with Crippen LogP contribution in [0, 0.1) is 0 Å². The molecule has 1 atom stereocenters. The van der Waals surface area contributed by atoms with Gasteiger partial charge in [-0.2, -0.15) is 4.98 Å². The first-order valence-corrected chi connectivity index (χ1v) is 12.8. The number of aromatic nitrogens is 3. The number of hydrogen-bond acceptors (Lipinski definition) is 7. The molecule has 0 aliphatic carbocycles. The minimum Gasteiger partial charge on any atom is -0.504 e. The number of carbonyl (C=O) groups is 1. The van der Waals surface area contributed by atoms with Gasteiger partial charge >= 0.3 is 0 Å². The van der Waals surface area contributed by atoms with Gasteiger partial charge in [0, 0.05) is 22.2 Å². The van der Waals surface area contributed by atoms with E-state index in [1.165, 1.54) is 18.9 Å². The van der Waals surface area contributed by atoms with Gasteiger partial charge in [0.05, 0.1) is 12.7 Å². The molecule has 5 rings (SSSR count).